The van der Waals surface area contributed by atoms with Crippen LogP contribution in [0, 0.1) is 23.1 Å². The zero-order chi connectivity index (χ0) is 23.5. The fourth-order valence-electron chi connectivity index (χ4n) is 3.70. The molecule has 2 aromatic rings. The molecule has 0 saturated heterocycles. The molecular formula is C22H27FN6O3. The Balaban J connectivity index is 1.82. The highest BCUT2D eigenvalue weighted by Crippen LogP contribution is 2.35. The fraction of sp³-hybridized carbons (Fsp3) is 0.455. The molecule has 1 aromatic carbocycles. The highest BCUT2D eigenvalue weighted by atomic mass is 19.1. The van der Waals surface area contributed by atoms with Crippen molar-refractivity contribution in [2.75, 3.05) is 5.32 Å². The molecule has 0 radical (unpaired) electrons. The first-order valence-corrected chi connectivity index (χ1v) is 10.4. The number of aromatic nitrogens is 2. The van der Waals surface area contributed by atoms with Gasteiger partial charge < -0.3 is 21.1 Å². The smallest absolute Gasteiger partial charge is 0.407 e. The number of ether oxygens (including phenoxy) is 1. The Morgan fingerprint density at radius 1 is 1.28 bits per heavy atom. The molecule has 2 amide bonds. The van der Waals surface area contributed by atoms with Crippen LogP contribution in [0.4, 0.5) is 20.7 Å². The minimum Gasteiger partial charge on any atom is -0.444 e. The third-order valence-corrected chi connectivity index (χ3v) is 5.15. The first kappa shape index (κ1) is 23.1. The summed E-state index contributed by atoms with van der Waals surface area (Å²) in [5.74, 6) is -1.22. The number of nitrogens with zero attached hydrogens (tertiary/aromatic N) is 3. The minimum absolute atomic E-state index is 0.147. The molecule has 4 N–H and O–H groups in total. The SMILES string of the molecule is CC(C)(C)OC(=O)NC1CC[C@H](C#N)[C@@H](n2cc(C(N)=O)c(Nc3ccc(F)cc3)n2)C1. The maximum atomic E-state index is 13.2. The van der Waals surface area contributed by atoms with E-state index in [1.165, 1.54) is 30.5 Å². The Morgan fingerprint density at radius 2 is 1.97 bits per heavy atom. The van der Waals surface area contributed by atoms with E-state index in [0.717, 1.165) is 0 Å². The molecule has 32 heavy (non-hydrogen) atoms. The van der Waals surface area contributed by atoms with Gasteiger partial charge in [0.2, 0.25) is 0 Å². The van der Waals surface area contributed by atoms with E-state index in [2.05, 4.69) is 21.8 Å². The molecule has 1 fully saturated rings. The first-order valence-electron chi connectivity index (χ1n) is 10.4. The van der Waals surface area contributed by atoms with Gasteiger partial charge in [0.1, 0.15) is 17.0 Å². The van der Waals surface area contributed by atoms with E-state index in [1.807, 2.05) is 0 Å². The Bertz CT molecular complexity index is 1020. The topological polar surface area (TPSA) is 135 Å². The lowest BCUT2D eigenvalue weighted by molar-refractivity contribution is 0.0478. The maximum absolute atomic E-state index is 13.2. The molecule has 170 valence electrons. The van der Waals surface area contributed by atoms with Gasteiger partial charge >= 0.3 is 6.09 Å². The zero-order valence-corrected chi connectivity index (χ0v) is 18.3. The van der Waals surface area contributed by atoms with Crippen LogP contribution in [0.15, 0.2) is 30.5 Å². The van der Waals surface area contributed by atoms with E-state index in [1.54, 1.807) is 25.5 Å². The first-order chi connectivity index (χ1) is 15.1. The summed E-state index contributed by atoms with van der Waals surface area (Å²) in [4.78, 5) is 24.2. The molecular weight excluding hydrogens is 415 g/mol. The summed E-state index contributed by atoms with van der Waals surface area (Å²) in [6.07, 6.45) is 2.59. The van der Waals surface area contributed by atoms with Crippen molar-refractivity contribution in [1.29, 1.82) is 5.26 Å². The molecule has 0 bridgehead atoms. The molecule has 10 heteroatoms. The molecule has 0 spiro atoms. The summed E-state index contributed by atoms with van der Waals surface area (Å²) in [5.41, 5.74) is 5.58. The largest absolute Gasteiger partial charge is 0.444 e. The highest BCUT2D eigenvalue weighted by molar-refractivity contribution is 5.98. The van der Waals surface area contributed by atoms with Gasteiger partial charge in [-0.1, -0.05) is 0 Å². The zero-order valence-electron chi connectivity index (χ0n) is 18.3. The van der Waals surface area contributed by atoms with Crippen molar-refractivity contribution in [3.05, 3.63) is 41.8 Å². The predicted octanol–water partition coefficient (Wildman–Crippen LogP) is 3.62. The number of carbonyl (C=O) groups is 2. The van der Waals surface area contributed by atoms with Crippen molar-refractivity contribution in [3.8, 4) is 6.07 Å². The lowest BCUT2D eigenvalue weighted by atomic mass is 9.82. The number of hydrogen-bond acceptors (Lipinski definition) is 6. The number of nitriles is 1. The quantitative estimate of drug-likeness (QED) is 0.647. The molecule has 1 aromatic heterocycles. The van der Waals surface area contributed by atoms with Crippen molar-refractivity contribution in [2.45, 2.75) is 57.7 Å². The summed E-state index contributed by atoms with van der Waals surface area (Å²) in [6.45, 7) is 5.35. The number of halogens is 1. The minimum atomic E-state index is -0.686. The van der Waals surface area contributed by atoms with Crippen LogP contribution in [0.2, 0.25) is 0 Å². The second-order valence-electron chi connectivity index (χ2n) is 8.83. The number of nitrogens with two attached hydrogens (primary N) is 1. The Hall–Kier alpha value is -3.61. The van der Waals surface area contributed by atoms with E-state index in [9.17, 15) is 19.2 Å². The maximum Gasteiger partial charge on any atom is 0.407 e. The molecule has 1 aliphatic carbocycles. The van der Waals surface area contributed by atoms with E-state index in [0.29, 0.717) is 24.9 Å². The van der Waals surface area contributed by atoms with Gasteiger partial charge in [-0.15, -0.1) is 0 Å². The predicted molar refractivity (Wildman–Crippen MR) is 116 cm³/mol. The number of anilines is 2. The third kappa shape index (κ3) is 5.75. The van der Waals surface area contributed by atoms with Gasteiger partial charge in [0.05, 0.1) is 18.0 Å². The van der Waals surface area contributed by atoms with Gasteiger partial charge in [-0.05, 0) is 64.3 Å². The normalized spacial score (nSPS) is 20.8. The van der Waals surface area contributed by atoms with E-state index >= 15 is 0 Å². The summed E-state index contributed by atoms with van der Waals surface area (Å²) in [5, 5.41) is 19.9. The van der Waals surface area contributed by atoms with Crippen LogP contribution in [0.5, 0.6) is 0 Å². The Kier molecular flexibility index (Phi) is 6.67. The number of primary amides is 1. The Morgan fingerprint density at radius 3 is 2.56 bits per heavy atom. The summed E-state index contributed by atoms with van der Waals surface area (Å²) < 4.78 is 20.1. The number of hydrogen-bond donors (Lipinski definition) is 3. The summed E-state index contributed by atoms with van der Waals surface area (Å²) in [7, 11) is 0. The average molecular weight is 442 g/mol. The number of alkyl carbamates (subject to hydrolysis) is 1. The number of benzene rings is 1. The van der Waals surface area contributed by atoms with Crippen molar-refractivity contribution >= 4 is 23.5 Å². The van der Waals surface area contributed by atoms with Gasteiger partial charge in [-0.3, -0.25) is 9.48 Å². The number of amides is 2. The van der Waals surface area contributed by atoms with Crippen LogP contribution >= 0.6 is 0 Å². The standard InChI is InChI=1S/C22H27FN6O3/c1-22(2,3)32-21(31)27-16-7-4-13(11-24)18(10-16)29-12-17(19(25)30)20(28-29)26-15-8-5-14(23)6-9-15/h5-6,8-9,12-13,16,18H,4,7,10H2,1-3H3,(H2,25,30)(H,26,28)(H,27,31)/t13-,16?,18+/m1/s1. The van der Waals surface area contributed by atoms with Gasteiger partial charge in [0, 0.05) is 17.9 Å². The van der Waals surface area contributed by atoms with Crippen LogP contribution < -0.4 is 16.4 Å². The molecule has 1 unspecified atom stereocenters. The van der Waals surface area contributed by atoms with E-state index in [4.69, 9.17) is 10.5 Å². The second-order valence-corrected chi connectivity index (χ2v) is 8.83. The third-order valence-electron chi connectivity index (χ3n) is 5.15. The van der Waals surface area contributed by atoms with E-state index in [-0.39, 0.29) is 35.2 Å². The van der Waals surface area contributed by atoms with Crippen LogP contribution in [0.25, 0.3) is 0 Å². The molecule has 3 atom stereocenters. The molecule has 1 heterocycles. The number of rotatable bonds is 5. The summed E-state index contributed by atoms with van der Waals surface area (Å²) in [6, 6.07) is 7.29. The monoisotopic (exact) mass is 442 g/mol. The summed E-state index contributed by atoms with van der Waals surface area (Å²) >= 11 is 0. The van der Waals surface area contributed by atoms with E-state index < -0.39 is 17.6 Å². The van der Waals surface area contributed by atoms with Crippen molar-refractivity contribution < 1.29 is 18.7 Å². The van der Waals surface area contributed by atoms with Crippen molar-refractivity contribution in [1.82, 2.24) is 15.1 Å². The van der Waals surface area contributed by atoms with Crippen molar-refractivity contribution in [2.24, 2.45) is 11.7 Å². The van der Waals surface area contributed by atoms with Crippen molar-refractivity contribution in [3.63, 3.8) is 0 Å². The number of nitrogens with one attached hydrogen (secondary N) is 2. The molecule has 1 saturated carbocycles. The second kappa shape index (κ2) is 9.26. The fourth-order valence-corrected chi connectivity index (χ4v) is 3.70. The van der Waals surface area contributed by atoms with Crippen LogP contribution in [-0.4, -0.2) is 33.4 Å². The van der Waals surface area contributed by atoms with Crippen LogP contribution in [0.1, 0.15) is 56.4 Å². The Labute approximate surface area is 185 Å². The van der Waals surface area contributed by atoms with Gasteiger partial charge in [-0.25, -0.2) is 9.18 Å². The van der Waals surface area contributed by atoms with Gasteiger partial charge in [0.15, 0.2) is 5.82 Å². The lowest BCUT2D eigenvalue weighted by Gasteiger charge is -2.33. The van der Waals surface area contributed by atoms with Gasteiger partial charge in [-0.2, -0.15) is 10.4 Å². The van der Waals surface area contributed by atoms with Gasteiger partial charge in [0.25, 0.3) is 5.91 Å². The number of carbonyl (C=O) groups excluding carboxylic acids is 2. The van der Waals surface area contributed by atoms with Crippen LogP contribution in [-0.2, 0) is 4.74 Å². The lowest BCUT2D eigenvalue weighted by Crippen LogP contribution is -2.43. The highest BCUT2D eigenvalue weighted by Gasteiger charge is 2.34. The molecule has 0 aliphatic heterocycles. The van der Waals surface area contributed by atoms with Crippen LogP contribution in [0.3, 0.4) is 0 Å². The molecule has 9 nitrogen and oxygen atoms in total. The molecule has 3 rings (SSSR count). The molecule has 1 aliphatic rings. The average Bonchev–Trinajstić information content (AvgIpc) is 3.12.